The van der Waals surface area contributed by atoms with Crippen LogP contribution in [0.25, 0.3) is 0 Å². The number of hydrogen-bond acceptors (Lipinski definition) is 3. The molecule has 0 spiro atoms. The number of aromatic nitrogens is 1. The van der Waals surface area contributed by atoms with Gasteiger partial charge in [0.1, 0.15) is 5.82 Å². The summed E-state index contributed by atoms with van der Waals surface area (Å²) in [5, 5.41) is 2.58. The molecule has 0 aliphatic carbocycles. The van der Waals surface area contributed by atoms with Crippen LogP contribution in [-0.4, -0.2) is 41.2 Å². The summed E-state index contributed by atoms with van der Waals surface area (Å²) in [7, 11) is 0. The maximum atomic E-state index is 13.0. The van der Waals surface area contributed by atoms with Gasteiger partial charge in [-0.1, -0.05) is 6.07 Å². The number of hydrogen-bond donors (Lipinski definition) is 1. The fourth-order valence-electron chi connectivity index (χ4n) is 2.91. The largest absolute Gasteiger partial charge is 0.416 e. The van der Waals surface area contributed by atoms with Crippen molar-refractivity contribution in [2.45, 2.75) is 12.4 Å². The number of nitrogens with zero attached hydrogens (tertiary/aromatic N) is 3. The smallest absolute Gasteiger partial charge is 0.353 e. The molecule has 1 aliphatic heterocycles. The zero-order valence-corrected chi connectivity index (χ0v) is 15.7. The highest BCUT2D eigenvalue weighted by Crippen LogP contribution is 2.37. The molecule has 11 heteroatoms. The van der Waals surface area contributed by atoms with E-state index in [1.165, 1.54) is 0 Å². The average molecular weight is 434 g/mol. The lowest BCUT2D eigenvalue weighted by molar-refractivity contribution is -0.143. The fraction of sp³-hybridized carbons (Fsp3) is 0.333. The summed E-state index contributed by atoms with van der Waals surface area (Å²) in [5.41, 5.74) is -3.14. The number of halogens is 6. The first-order chi connectivity index (χ1) is 13.5. The molecule has 29 heavy (non-hydrogen) atoms. The molecule has 0 radical (unpaired) electrons. The first-order valence-corrected chi connectivity index (χ1v) is 8.96. The van der Waals surface area contributed by atoms with E-state index < -0.39 is 23.5 Å². The second kappa shape index (κ2) is 8.05. The molecule has 1 N–H and O–H groups in total. The summed E-state index contributed by atoms with van der Waals surface area (Å²) in [4.78, 5) is 7.97. The Morgan fingerprint density at radius 2 is 1.48 bits per heavy atom. The van der Waals surface area contributed by atoms with Crippen molar-refractivity contribution < 1.29 is 26.3 Å². The Morgan fingerprint density at radius 1 is 0.897 bits per heavy atom. The van der Waals surface area contributed by atoms with E-state index >= 15 is 0 Å². The van der Waals surface area contributed by atoms with Crippen LogP contribution < -0.4 is 10.2 Å². The van der Waals surface area contributed by atoms with Crippen molar-refractivity contribution in [3.05, 3.63) is 53.7 Å². The van der Waals surface area contributed by atoms with Gasteiger partial charge in [-0.15, -0.1) is 0 Å². The Bertz CT molecular complexity index is 829. The van der Waals surface area contributed by atoms with Crippen LogP contribution in [0.5, 0.6) is 0 Å². The van der Waals surface area contributed by atoms with Crippen molar-refractivity contribution in [1.82, 2.24) is 9.88 Å². The van der Waals surface area contributed by atoms with Gasteiger partial charge in [-0.2, -0.15) is 26.3 Å². The van der Waals surface area contributed by atoms with Crippen molar-refractivity contribution >= 4 is 28.8 Å². The van der Waals surface area contributed by atoms with Crippen LogP contribution in [0.3, 0.4) is 0 Å². The van der Waals surface area contributed by atoms with Gasteiger partial charge in [-0.3, -0.25) is 0 Å². The number of benzene rings is 1. The SMILES string of the molecule is FC(F)(F)c1cc(NC(=S)N2CCN(c3ccccn3)CC2)cc(C(F)(F)F)c1. The highest BCUT2D eigenvalue weighted by molar-refractivity contribution is 7.80. The van der Waals surface area contributed by atoms with Crippen LogP contribution in [0.15, 0.2) is 42.6 Å². The molecule has 0 bridgehead atoms. The fourth-order valence-corrected chi connectivity index (χ4v) is 3.21. The summed E-state index contributed by atoms with van der Waals surface area (Å²) in [6.45, 7) is 2.03. The molecule has 0 saturated carbocycles. The van der Waals surface area contributed by atoms with Gasteiger partial charge in [0.25, 0.3) is 0 Å². The predicted molar refractivity (Wildman–Crippen MR) is 101 cm³/mol. The van der Waals surface area contributed by atoms with Gasteiger partial charge in [-0.25, -0.2) is 4.98 Å². The highest BCUT2D eigenvalue weighted by atomic mass is 32.1. The van der Waals surface area contributed by atoms with Gasteiger partial charge < -0.3 is 15.1 Å². The highest BCUT2D eigenvalue weighted by Gasteiger charge is 2.37. The monoisotopic (exact) mass is 434 g/mol. The minimum Gasteiger partial charge on any atom is -0.353 e. The number of alkyl halides is 6. The quantitative estimate of drug-likeness (QED) is 0.550. The molecule has 4 nitrogen and oxygen atoms in total. The van der Waals surface area contributed by atoms with E-state index in [0.717, 1.165) is 5.82 Å². The Labute approximate surface area is 168 Å². The molecule has 0 amide bonds. The van der Waals surface area contributed by atoms with Crippen molar-refractivity contribution in [3.8, 4) is 0 Å². The first-order valence-electron chi connectivity index (χ1n) is 8.55. The molecule has 1 aliphatic rings. The standard InChI is InChI=1S/C18H16F6N4S/c19-17(20,21)12-9-13(18(22,23)24)11-14(10-12)26-16(29)28-7-5-27(6-8-28)15-3-1-2-4-25-15/h1-4,9-11H,5-8H2,(H,26,29). The second-order valence-electron chi connectivity index (χ2n) is 6.39. The van der Waals surface area contributed by atoms with Gasteiger partial charge in [0, 0.05) is 38.1 Å². The Balaban J connectivity index is 1.71. The third kappa shape index (κ3) is 5.28. The lowest BCUT2D eigenvalue weighted by Gasteiger charge is -2.36. The summed E-state index contributed by atoms with van der Waals surface area (Å²) in [6, 6.07) is 6.82. The molecule has 156 valence electrons. The van der Waals surface area contributed by atoms with Crippen molar-refractivity contribution in [2.75, 3.05) is 36.4 Å². The third-order valence-electron chi connectivity index (χ3n) is 4.38. The number of piperazine rings is 1. The minimum absolute atomic E-state index is 0.0677. The number of rotatable bonds is 2. The van der Waals surface area contributed by atoms with E-state index in [1.807, 2.05) is 17.0 Å². The normalized spacial score (nSPS) is 15.4. The number of anilines is 2. The van der Waals surface area contributed by atoms with Gasteiger partial charge >= 0.3 is 12.4 Å². The number of nitrogens with one attached hydrogen (secondary N) is 1. The Hall–Kier alpha value is -2.56. The van der Waals surface area contributed by atoms with Crippen LogP contribution >= 0.6 is 12.2 Å². The van der Waals surface area contributed by atoms with E-state index in [1.54, 1.807) is 17.2 Å². The van der Waals surface area contributed by atoms with Gasteiger partial charge in [0.05, 0.1) is 11.1 Å². The molecular weight excluding hydrogens is 418 g/mol. The van der Waals surface area contributed by atoms with Crippen LogP contribution in [0, 0.1) is 0 Å². The van der Waals surface area contributed by atoms with Crippen molar-refractivity contribution in [1.29, 1.82) is 0 Å². The lowest BCUT2D eigenvalue weighted by Crippen LogP contribution is -2.50. The summed E-state index contributed by atoms with van der Waals surface area (Å²) < 4.78 is 77.9. The topological polar surface area (TPSA) is 31.4 Å². The lowest BCUT2D eigenvalue weighted by atomic mass is 10.1. The maximum Gasteiger partial charge on any atom is 0.416 e. The number of pyridine rings is 1. The zero-order valence-electron chi connectivity index (χ0n) is 14.9. The molecule has 1 aromatic carbocycles. The van der Waals surface area contributed by atoms with E-state index in [0.29, 0.717) is 38.3 Å². The van der Waals surface area contributed by atoms with E-state index in [9.17, 15) is 26.3 Å². The van der Waals surface area contributed by atoms with Crippen LogP contribution in [0.2, 0.25) is 0 Å². The molecule has 1 aromatic heterocycles. The first kappa shape index (κ1) is 21.2. The van der Waals surface area contributed by atoms with Gasteiger partial charge in [0.2, 0.25) is 0 Å². The zero-order chi connectivity index (χ0) is 21.2. The molecule has 0 atom stereocenters. The molecule has 0 unspecified atom stereocenters. The summed E-state index contributed by atoms with van der Waals surface area (Å²) in [5.74, 6) is 0.790. The second-order valence-corrected chi connectivity index (χ2v) is 6.77. The average Bonchev–Trinajstić information content (AvgIpc) is 2.67. The van der Waals surface area contributed by atoms with E-state index in [2.05, 4.69) is 10.3 Å². The van der Waals surface area contributed by atoms with Crippen molar-refractivity contribution in [2.24, 2.45) is 0 Å². The maximum absolute atomic E-state index is 13.0. The molecule has 1 saturated heterocycles. The van der Waals surface area contributed by atoms with Crippen LogP contribution in [0.4, 0.5) is 37.8 Å². The van der Waals surface area contributed by atoms with Gasteiger partial charge in [-0.05, 0) is 42.5 Å². The van der Waals surface area contributed by atoms with Crippen molar-refractivity contribution in [3.63, 3.8) is 0 Å². The third-order valence-corrected chi connectivity index (χ3v) is 4.74. The van der Waals surface area contributed by atoms with Crippen LogP contribution in [0.1, 0.15) is 11.1 Å². The van der Waals surface area contributed by atoms with E-state index in [4.69, 9.17) is 12.2 Å². The molecule has 2 heterocycles. The number of thiocarbonyl (C=S) groups is 1. The van der Waals surface area contributed by atoms with Gasteiger partial charge in [0.15, 0.2) is 5.11 Å². The molecule has 1 fully saturated rings. The molecule has 3 rings (SSSR count). The minimum atomic E-state index is -4.91. The van der Waals surface area contributed by atoms with Crippen LogP contribution in [-0.2, 0) is 12.4 Å². The molecular formula is C18H16F6N4S. The van der Waals surface area contributed by atoms with E-state index in [-0.39, 0.29) is 16.9 Å². The molecule has 2 aromatic rings. The Morgan fingerprint density at radius 3 is 1.97 bits per heavy atom. The Kier molecular flexibility index (Phi) is 5.87. The predicted octanol–water partition coefficient (Wildman–Crippen LogP) is 4.64. The summed E-state index contributed by atoms with van der Waals surface area (Å²) in [6.07, 6.45) is -8.15. The summed E-state index contributed by atoms with van der Waals surface area (Å²) >= 11 is 5.20.